The molecule has 236 valence electrons. The number of hydrogen-bond donors (Lipinski definition) is 2. The van der Waals surface area contributed by atoms with E-state index in [0.29, 0.717) is 31.2 Å². The van der Waals surface area contributed by atoms with Gasteiger partial charge in [0.2, 0.25) is 5.91 Å². The van der Waals surface area contributed by atoms with Gasteiger partial charge in [-0.15, -0.1) is 0 Å². The maximum Gasteiger partial charge on any atom is 0.306 e. The summed E-state index contributed by atoms with van der Waals surface area (Å²) in [5, 5.41) is 11.9. The number of para-hydroxylation sites is 1. The predicted octanol–water partition coefficient (Wildman–Crippen LogP) is 4.44. The largest absolute Gasteiger partial charge is 0.481 e. The number of nitrogens with zero attached hydrogens (tertiary/aromatic N) is 2. The van der Waals surface area contributed by atoms with Gasteiger partial charge in [0.25, 0.3) is 5.91 Å². The molecular weight excluding hydrogens is 613 g/mol. The number of halogens is 2. The van der Waals surface area contributed by atoms with E-state index in [1.165, 1.54) is 11.0 Å². The van der Waals surface area contributed by atoms with Gasteiger partial charge in [0.15, 0.2) is 9.84 Å². The van der Waals surface area contributed by atoms with Crippen molar-refractivity contribution in [1.82, 2.24) is 9.47 Å². The maximum atomic E-state index is 15.3. The number of hydrogen-bond acceptors (Lipinski definition) is 6. The lowest BCUT2D eigenvalue weighted by atomic mass is 9.87. The molecule has 0 radical (unpaired) electrons. The van der Waals surface area contributed by atoms with Crippen LogP contribution in [0.2, 0.25) is 5.02 Å². The highest BCUT2D eigenvalue weighted by atomic mass is 35.5. The second kappa shape index (κ2) is 12.9. The van der Waals surface area contributed by atoms with E-state index in [-0.39, 0.29) is 48.4 Å². The van der Waals surface area contributed by atoms with Crippen LogP contribution < -0.4 is 5.32 Å². The number of benzene rings is 2. The number of aryl methyl sites for hydroxylation is 1. The van der Waals surface area contributed by atoms with Gasteiger partial charge < -0.3 is 24.6 Å². The topological polar surface area (TPSA) is 135 Å². The van der Waals surface area contributed by atoms with Gasteiger partial charge in [-0.2, -0.15) is 0 Å². The number of carbonyl (C=O) groups is 3. The molecule has 5 rings (SSSR count). The van der Waals surface area contributed by atoms with Gasteiger partial charge in [0, 0.05) is 36.9 Å². The first-order valence-electron chi connectivity index (χ1n) is 14.5. The Labute approximate surface area is 260 Å². The third-order valence-electron chi connectivity index (χ3n) is 8.72. The highest BCUT2D eigenvalue weighted by molar-refractivity contribution is 7.91. The number of rotatable bonds is 9. The molecular formula is C31H35ClFN3O7S. The van der Waals surface area contributed by atoms with E-state index < -0.39 is 50.6 Å². The summed E-state index contributed by atoms with van der Waals surface area (Å²) in [4.78, 5) is 39.2. The van der Waals surface area contributed by atoms with E-state index in [0.717, 1.165) is 23.2 Å². The number of likely N-dealkylation sites (tertiary alicyclic amines) is 1. The van der Waals surface area contributed by atoms with Crippen LogP contribution in [-0.4, -0.2) is 77.6 Å². The van der Waals surface area contributed by atoms with E-state index in [1.54, 1.807) is 6.20 Å². The van der Waals surface area contributed by atoms with Crippen LogP contribution in [0.15, 0.2) is 42.6 Å². The Bertz CT molecular complexity index is 1700. The number of nitrogens with one attached hydrogen (secondary N) is 1. The summed E-state index contributed by atoms with van der Waals surface area (Å²) in [6, 6.07) is 9.22. The van der Waals surface area contributed by atoms with Crippen LogP contribution >= 0.6 is 11.6 Å². The molecule has 13 heteroatoms. The van der Waals surface area contributed by atoms with Crippen molar-refractivity contribution in [1.29, 1.82) is 0 Å². The van der Waals surface area contributed by atoms with Crippen molar-refractivity contribution in [3.05, 3.63) is 64.6 Å². The minimum absolute atomic E-state index is 0.0117. The maximum absolute atomic E-state index is 15.3. The summed E-state index contributed by atoms with van der Waals surface area (Å²) in [6.45, 7) is 0.0640. The first-order valence-corrected chi connectivity index (χ1v) is 16.8. The minimum Gasteiger partial charge on any atom is -0.481 e. The highest BCUT2D eigenvalue weighted by Gasteiger charge is 2.40. The molecule has 1 aromatic heterocycles. The molecule has 3 aromatic rings. The summed E-state index contributed by atoms with van der Waals surface area (Å²) in [5.41, 5.74) is 1.33. The van der Waals surface area contributed by atoms with Crippen molar-refractivity contribution in [3.63, 3.8) is 0 Å². The number of carbonyl (C=O) groups excluding carboxylic acids is 2. The molecule has 10 nitrogen and oxygen atoms in total. The molecule has 1 aliphatic carbocycles. The quantitative estimate of drug-likeness (QED) is 0.351. The van der Waals surface area contributed by atoms with Crippen molar-refractivity contribution >= 4 is 55.8 Å². The number of fused-ring (bicyclic) bond motifs is 1. The standard InChI is InChI=1S/C31H35ClFN3O7S/c1-35-16-24(23-5-3-4-6-28(23)35)30(38)34-27-14-26(33)19(11-25(27)32)12-29(37)36-15-22(44(2,41)42)13-20(36)17-43-21-9-7-18(8-10-21)31(39)40/h3-6,11,14,16,18,20-22H,7-10,12-13,15,17H2,1-2H3,(H,34,38)(H,39,40)/t18-,20-,21-,22-/m0/s1. The van der Waals surface area contributed by atoms with E-state index >= 15 is 4.39 Å². The summed E-state index contributed by atoms with van der Waals surface area (Å²) in [7, 11) is -1.64. The van der Waals surface area contributed by atoms with Crippen LogP contribution in [0.25, 0.3) is 10.9 Å². The van der Waals surface area contributed by atoms with Crippen LogP contribution in [0.4, 0.5) is 10.1 Å². The Kier molecular flexibility index (Phi) is 9.33. The summed E-state index contributed by atoms with van der Waals surface area (Å²) in [5.74, 6) is -2.89. The van der Waals surface area contributed by atoms with Gasteiger partial charge in [-0.1, -0.05) is 29.8 Å². The molecule has 1 aliphatic heterocycles. The second-order valence-corrected chi connectivity index (χ2v) is 14.5. The molecule has 2 aromatic carbocycles. The normalized spacial score (nSPS) is 22.3. The predicted molar refractivity (Wildman–Crippen MR) is 164 cm³/mol. The van der Waals surface area contributed by atoms with Crippen molar-refractivity contribution in [3.8, 4) is 0 Å². The fourth-order valence-electron chi connectivity index (χ4n) is 6.17. The Hall–Kier alpha value is -3.48. The SMILES string of the molecule is Cn1cc(C(=O)Nc2cc(F)c(CC(=O)N3C[C@@H](S(C)(=O)=O)C[C@H]3CO[C@H]3CC[C@H](C(=O)O)CC3)cc2Cl)c2ccccc21. The molecule has 1 saturated heterocycles. The lowest BCUT2D eigenvalue weighted by Gasteiger charge is -2.30. The fraction of sp³-hybridized carbons (Fsp3) is 0.452. The van der Waals surface area contributed by atoms with E-state index in [4.69, 9.17) is 16.3 Å². The first kappa shape index (κ1) is 31.9. The zero-order valence-electron chi connectivity index (χ0n) is 24.5. The molecule has 2 atom stereocenters. The number of aliphatic carboxylic acids is 1. The van der Waals surface area contributed by atoms with E-state index in [1.807, 2.05) is 35.9 Å². The molecule has 2 fully saturated rings. The molecule has 2 aliphatic rings. The third-order valence-corrected chi connectivity index (χ3v) is 10.6. The van der Waals surface area contributed by atoms with Crippen molar-refractivity contribution in [2.75, 3.05) is 24.7 Å². The van der Waals surface area contributed by atoms with E-state index in [9.17, 15) is 27.9 Å². The van der Waals surface area contributed by atoms with Gasteiger partial charge in [0.05, 0.1) is 52.6 Å². The Morgan fingerprint density at radius 2 is 1.84 bits per heavy atom. The molecule has 0 bridgehead atoms. The Morgan fingerprint density at radius 3 is 2.52 bits per heavy atom. The van der Waals surface area contributed by atoms with Crippen molar-refractivity contribution in [2.45, 2.75) is 55.9 Å². The molecule has 2 heterocycles. The first-order chi connectivity index (χ1) is 20.8. The number of aromatic nitrogens is 1. The zero-order chi connectivity index (χ0) is 31.8. The van der Waals surface area contributed by atoms with Crippen LogP contribution in [-0.2, 0) is 37.6 Å². The highest BCUT2D eigenvalue weighted by Crippen LogP contribution is 2.31. The summed E-state index contributed by atoms with van der Waals surface area (Å²) in [6.07, 6.45) is 4.60. The van der Waals surface area contributed by atoms with Crippen LogP contribution in [0.3, 0.4) is 0 Å². The number of carboxylic acid groups (broad SMARTS) is 1. The number of carboxylic acids is 1. The summed E-state index contributed by atoms with van der Waals surface area (Å²) >= 11 is 6.43. The lowest BCUT2D eigenvalue weighted by molar-refractivity contribution is -0.144. The molecule has 0 unspecified atom stereocenters. The molecule has 44 heavy (non-hydrogen) atoms. The van der Waals surface area contributed by atoms with Crippen LogP contribution in [0.5, 0.6) is 0 Å². The van der Waals surface area contributed by atoms with Gasteiger partial charge >= 0.3 is 5.97 Å². The zero-order valence-corrected chi connectivity index (χ0v) is 26.0. The average Bonchev–Trinajstić information content (AvgIpc) is 3.57. The number of anilines is 1. The Balaban J connectivity index is 1.26. The van der Waals surface area contributed by atoms with Crippen LogP contribution in [0, 0.1) is 11.7 Å². The van der Waals surface area contributed by atoms with Crippen molar-refractivity contribution < 1.29 is 37.0 Å². The van der Waals surface area contributed by atoms with Crippen molar-refractivity contribution in [2.24, 2.45) is 13.0 Å². The van der Waals surface area contributed by atoms with E-state index in [2.05, 4.69) is 5.32 Å². The Morgan fingerprint density at radius 1 is 1.14 bits per heavy atom. The smallest absolute Gasteiger partial charge is 0.306 e. The van der Waals surface area contributed by atoms with Gasteiger partial charge in [-0.05, 0) is 55.9 Å². The minimum atomic E-state index is -3.45. The number of sulfone groups is 1. The number of amides is 2. The number of ether oxygens (including phenoxy) is 1. The average molecular weight is 648 g/mol. The lowest BCUT2D eigenvalue weighted by Crippen LogP contribution is -2.41. The summed E-state index contributed by atoms with van der Waals surface area (Å²) < 4.78 is 47.9. The van der Waals surface area contributed by atoms with Gasteiger partial charge in [-0.3, -0.25) is 14.4 Å². The van der Waals surface area contributed by atoms with Gasteiger partial charge in [0.1, 0.15) is 5.82 Å². The molecule has 0 spiro atoms. The molecule has 2 N–H and O–H groups in total. The second-order valence-electron chi connectivity index (χ2n) is 11.8. The van der Waals surface area contributed by atoms with Crippen LogP contribution in [0.1, 0.15) is 48.0 Å². The monoisotopic (exact) mass is 647 g/mol. The molecule has 1 saturated carbocycles. The van der Waals surface area contributed by atoms with Gasteiger partial charge in [-0.25, -0.2) is 12.8 Å². The molecule has 2 amide bonds. The third kappa shape index (κ3) is 6.92. The fourth-order valence-corrected chi connectivity index (χ4v) is 7.40.